The van der Waals surface area contributed by atoms with Gasteiger partial charge in [-0.15, -0.1) is 11.3 Å². The van der Waals surface area contributed by atoms with Gasteiger partial charge in [0.15, 0.2) is 6.61 Å². The van der Waals surface area contributed by atoms with Crippen molar-refractivity contribution in [1.29, 1.82) is 0 Å². The molecule has 0 saturated heterocycles. The molecule has 0 bridgehead atoms. The molecule has 0 aliphatic heterocycles. The first-order valence-corrected chi connectivity index (χ1v) is 10.1. The number of para-hydroxylation sites is 1. The lowest BCUT2D eigenvalue weighted by Gasteiger charge is -2.10. The molecule has 0 fully saturated rings. The van der Waals surface area contributed by atoms with Crippen molar-refractivity contribution >= 4 is 28.8 Å². The zero-order valence-electron chi connectivity index (χ0n) is 16.3. The molecule has 28 heavy (non-hydrogen) atoms. The van der Waals surface area contributed by atoms with Gasteiger partial charge in [0.05, 0.1) is 5.56 Å². The van der Waals surface area contributed by atoms with Crippen LogP contribution in [0.5, 0.6) is 0 Å². The van der Waals surface area contributed by atoms with E-state index in [1.807, 2.05) is 32.0 Å². The summed E-state index contributed by atoms with van der Waals surface area (Å²) in [5.41, 5.74) is 3.64. The Hall–Kier alpha value is -2.86. The SMILES string of the molecule is CNc1ccccc1C(=O)OCC(=O)c1cc(C)n(CCc2cccs2)c1C. The Morgan fingerprint density at radius 3 is 2.61 bits per heavy atom. The van der Waals surface area contributed by atoms with Gasteiger partial charge >= 0.3 is 5.97 Å². The summed E-state index contributed by atoms with van der Waals surface area (Å²) in [6.07, 6.45) is 0.928. The summed E-state index contributed by atoms with van der Waals surface area (Å²) in [7, 11) is 1.74. The number of nitrogens with one attached hydrogen (secondary N) is 1. The van der Waals surface area contributed by atoms with Gasteiger partial charge in [0, 0.05) is 41.1 Å². The molecule has 146 valence electrons. The number of nitrogens with zero attached hydrogens (tertiary/aromatic N) is 1. The molecule has 0 amide bonds. The Bertz CT molecular complexity index is 974. The summed E-state index contributed by atoms with van der Waals surface area (Å²) < 4.78 is 7.42. The van der Waals surface area contributed by atoms with Gasteiger partial charge in [-0.3, -0.25) is 4.79 Å². The van der Waals surface area contributed by atoms with Crippen molar-refractivity contribution in [2.24, 2.45) is 0 Å². The fraction of sp³-hybridized carbons (Fsp3) is 0.273. The Labute approximate surface area is 169 Å². The van der Waals surface area contributed by atoms with Gasteiger partial charge < -0.3 is 14.6 Å². The van der Waals surface area contributed by atoms with Crippen molar-refractivity contribution in [2.75, 3.05) is 19.0 Å². The highest BCUT2D eigenvalue weighted by Gasteiger charge is 2.19. The minimum Gasteiger partial charge on any atom is -0.454 e. The Balaban J connectivity index is 1.66. The maximum atomic E-state index is 12.7. The number of carbonyl (C=O) groups excluding carboxylic acids is 2. The Morgan fingerprint density at radius 2 is 1.89 bits per heavy atom. The molecule has 6 heteroatoms. The number of hydrogen-bond donors (Lipinski definition) is 1. The molecule has 2 heterocycles. The van der Waals surface area contributed by atoms with Gasteiger partial charge in [-0.1, -0.05) is 18.2 Å². The number of ether oxygens (including phenoxy) is 1. The van der Waals surface area contributed by atoms with Crippen molar-refractivity contribution in [3.63, 3.8) is 0 Å². The van der Waals surface area contributed by atoms with Crippen LogP contribution in [0, 0.1) is 13.8 Å². The zero-order chi connectivity index (χ0) is 20.1. The van der Waals surface area contributed by atoms with Crippen LogP contribution in [0.1, 0.15) is 37.0 Å². The monoisotopic (exact) mass is 396 g/mol. The van der Waals surface area contributed by atoms with Gasteiger partial charge in [-0.05, 0) is 49.9 Å². The third kappa shape index (κ3) is 4.34. The summed E-state index contributed by atoms with van der Waals surface area (Å²) >= 11 is 1.74. The molecular weight excluding hydrogens is 372 g/mol. The number of benzene rings is 1. The summed E-state index contributed by atoms with van der Waals surface area (Å²) in [6, 6.07) is 13.1. The summed E-state index contributed by atoms with van der Waals surface area (Å²) in [4.78, 5) is 26.3. The first kappa shape index (κ1) is 19.9. The first-order chi connectivity index (χ1) is 13.5. The normalized spacial score (nSPS) is 10.7. The van der Waals surface area contributed by atoms with Crippen LogP contribution in [0.15, 0.2) is 47.8 Å². The van der Waals surface area contributed by atoms with Crippen molar-refractivity contribution in [3.8, 4) is 0 Å². The van der Waals surface area contributed by atoms with Gasteiger partial charge in [0.1, 0.15) is 0 Å². The predicted octanol–water partition coefficient (Wildman–Crippen LogP) is 4.49. The summed E-state index contributed by atoms with van der Waals surface area (Å²) in [5.74, 6) is -0.699. The molecular formula is C22H24N2O3S. The maximum Gasteiger partial charge on any atom is 0.340 e. The molecule has 2 aromatic heterocycles. The largest absolute Gasteiger partial charge is 0.454 e. The molecule has 0 atom stereocenters. The quantitative estimate of drug-likeness (QED) is 0.450. The second kappa shape index (κ2) is 8.89. The number of aromatic nitrogens is 1. The smallest absolute Gasteiger partial charge is 0.340 e. The van der Waals surface area contributed by atoms with E-state index >= 15 is 0 Å². The number of rotatable bonds is 8. The molecule has 0 saturated carbocycles. The molecule has 1 N–H and O–H groups in total. The predicted molar refractivity (Wildman–Crippen MR) is 113 cm³/mol. The summed E-state index contributed by atoms with van der Waals surface area (Å²) in [6.45, 7) is 4.48. The molecule has 0 radical (unpaired) electrons. The lowest BCUT2D eigenvalue weighted by atomic mass is 10.1. The number of Topliss-reactive ketones (excluding diaryl/α,β-unsaturated/α-hetero) is 1. The number of aryl methyl sites for hydroxylation is 2. The Kier molecular flexibility index (Phi) is 6.31. The molecule has 3 rings (SSSR count). The van der Waals surface area contributed by atoms with Crippen LogP contribution in [0.25, 0.3) is 0 Å². The highest BCUT2D eigenvalue weighted by atomic mass is 32.1. The van der Waals surface area contributed by atoms with E-state index in [2.05, 4.69) is 21.3 Å². The van der Waals surface area contributed by atoms with E-state index < -0.39 is 5.97 Å². The number of thiophene rings is 1. The maximum absolute atomic E-state index is 12.7. The lowest BCUT2D eigenvalue weighted by Crippen LogP contribution is -2.16. The molecule has 1 aromatic carbocycles. The molecule has 0 aliphatic carbocycles. The van der Waals surface area contributed by atoms with E-state index in [0.717, 1.165) is 24.4 Å². The third-order valence-electron chi connectivity index (χ3n) is 4.79. The number of anilines is 1. The van der Waals surface area contributed by atoms with Crippen LogP contribution in [0.2, 0.25) is 0 Å². The highest BCUT2D eigenvalue weighted by molar-refractivity contribution is 7.09. The van der Waals surface area contributed by atoms with Crippen molar-refractivity contribution in [3.05, 3.63) is 75.2 Å². The molecule has 0 spiro atoms. The highest BCUT2D eigenvalue weighted by Crippen LogP contribution is 2.19. The van der Waals surface area contributed by atoms with Crippen LogP contribution >= 0.6 is 11.3 Å². The van der Waals surface area contributed by atoms with Crippen molar-refractivity contribution in [1.82, 2.24) is 4.57 Å². The second-order valence-electron chi connectivity index (χ2n) is 6.56. The van der Waals surface area contributed by atoms with E-state index in [0.29, 0.717) is 16.8 Å². The fourth-order valence-electron chi connectivity index (χ4n) is 3.27. The molecule has 0 aliphatic rings. The van der Waals surface area contributed by atoms with E-state index in [4.69, 9.17) is 4.74 Å². The average Bonchev–Trinajstić information content (AvgIpc) is 3.32. The van der Waals surface area contributed by atoms with Gasteiger partial charge in [-0.2, -0.15) is 0 Å². The lowest BCUT2D eigenvalue weighted by molar-refractivity contribution is 0.0475. The molecule has 3 aromatic rings. The standard InChI is InChI=1S/C22H24N2O3S/c1-15-13-19(16(2)24(15)11-10-17-7-6-12-28-17)21(25)14-27-22(26)18-8-4-5-9-20(18)23-3/h4-9,12-13,23H,10-11,14H2,1-3H3. The van der Waals surface area contributed by atoms with Crippen LogP contribution in [-0.4, -0.2) is 30.0 Å². The van der Waals surface area contributed by atoms with E-state index in [-0.39, 0.29) is 12.4 Å². The van der Waals surface area contributed by atoms with Crippen molar-refractivity contribution in [2.45, 2.75) is 26.8 Å². The van der Waals surface area contributed by atoms with E-state index in [9.17, 15) is 9.59 Å². The molecule has 5 nitrogen and oxygen atoms in total. The third-order valence-corrected chi connectivity index (χ3v) is 5.72. The fourth-order valence-corrected chi connectivity index (χ4v) is 3.97. The van der Waals surface area contributed by atoms with E-state index in [1.54, 1.807) is 36.6 Å². The zero-order valence-corrected chi connectivity index (χ0v) is 17.1. The van der Waals surface area contributed by atoms with Gasteiger partial charge in [0.25, 0.3) is 0 Å². The first-order valence-electron chi connectivity index (χ1n) is 9.17. The molecule has 0 unspecified atom stereocenters. The second-order valence-corrected chi connectivity index (χ2v) is 7.59. The number of hydrogen-bond acceptors (Lipinski definition) is 5. The van der Waals surface area contributed by atoms with Crippen LogP contribution < -0.4 is 5.32 Å². The van der Waals surface area contributed by atoms with Crippen molar-refractivity contribution < 1.29 is 14.3 Å². The topological polar surface area (TPSA) is 60.3 Å². The Morgan fingerprint density at radius 1 is 1.11 bits per heavy atom. The summed E-state index contributed by atoms with van der Waals surface area (Å²) in [5, 5.41) is 5.02. The number of esters is 1. The van der Waals surface area contributed by atoms with Crippen LogP contribution in [0.3, 0.4) is 0 Å². The van der Waals surface area contributed by atoms with Crippen LogP contribution in [0.4, 0.5) is 5.69 Å². The van der Waals surface area contributed by atoms with Gasteiger partial charge in [-0.25, -0.2) is 4.79 Å². The number of carbonyl (C=O) groups is 2. The van der Waals surface area contributed by atoms with Crippen LogP contribution in [-0.2, 0) is 17.7 Å². The number of ketones is 1. The minimum atomic E-state index is -0.509. The van der Waals surface area contributed by atoms with E-state index in [1.165, 1.54) is 4.88 Å². The van der Waals surface area contributed by atoms with Gasteiger partial charge in [0.2, 0.25) is 5.78 Å². The average molecular weight is 397 g/mol. The minimum absolute atomic E-state index is 0.189.